The molecule has 2 aromatic rings. The molecule has 2 heterocycles. The number of amides is 1. The van der Waals surface area contributed by atoms with Crippen molar-refractivity contribution < 1.29 is 9.21 Å². The molecule has 3 rings (SSSR count). The average molecular weight is 311 g/mol. The van der Waals surface area contributed by atoms with E-state index in [0.717, 1.165) is 48.5 Å². The summed E-state index contributed by atoms with van der Waals surface area (Å²) in [5, 5.41) is 6.10. The van der Waals surface area contributed by atoms with Crippen LogP contribution in [0.15, 0.2) is 46.9 Å². The lowest BCUT2D eigenvalue weighted by atomic mass is 10.1. The molecule has 0 bridgehead atoms. The maximum Gasteiger partial charge on any atom is 0.291 e. The Morgan fingerprint density at radius 3 is 2.74 bits per heavy atom. The third kappa shape index (κ3) is 3.88. The summed E-state index contributed by atoms with van der Waals surface area (Å²) in [5.41, 5.74) is 8.58. The fourth-order valence-electron chi connectivity index (χ4n) is 2.59. The molecule has 23 heavy (non-hydrogen) atoms. The van der Waals surface area contributed by atoms with Crippen molar-refractivity contribution >= 4 is 17.2 Å². The zero-order valence-electron chi connectivity index (χ0n) is 13.0. The summed E-state index contributed by atoms with van der Waals surface area (Å²) in [6.07, 6.45) is 3.84. The number of hydrogen-bond donors (Lipinski definition) is 3. The Labute approximate surface area is 135 Å². The van der Waals surface area contributed by atoms with Gasteiger partial charge in [-0.2, -0.15) is 0 Å². The van der Waals surface area contributed by atoms with Crippen molar-refractivity contribution in [3.8, 4) is 0 Å². The maximum absolute atomic E-state index is 12.3. The Morgan fingerprint density at radius 2 is 2.04 bits per heavy atom. The molecule has 1 aromatic heterocycles. The van der Waals surface area contributed by atoms with Gasteiger partial charge in [-0.05, 0) is 61.3 Å². The van der Waals surface area contributed by atoms with Crippen LogP contribution in [0.25, 0.3) is 5.57 Å². The average Bonchev–Trinajstić information content (AvgIpc) is 3.08. The second kappa shape index (κ2) is 7.26. The molecular weight excluding hydrogens is 290 g/mol. The Morgan fingerprint density at radius 1 is 1.22 bits per heavy atom. The van der Waals surface area contributed by atoms with Gasteiger partial charge in [0, 0.05) is 12.2 Å². The van der Waals surface area contributed by atoms with Gasteiger partial charge in [-0.3, -0.25) is 4.79 Å². The van der Waals surface area contributed by atoms with Crippen molar-refractivity contribution in [1.82, 2.24) is 5.32 Å². The maximum atomic E-state index is 12.3. The van der Waals surface area contributed by atoms with Crippen molar-refractivity contribution in [3.63, 3.8) is 0 Å². The fourth-order valence-corrected chi connectivity index (χ4v) is 2.59. The molecule has 5 nitrogen and oxygen atoms in total. The number of nitrogens with one attached hydrogen (secondary N) is 2. The molecule has 0 radical (unpaired) electrons. The van der Waals surface area contributed by atoms with E-state index in [4.69, 9.17) is 10.2 Å². The highest BCUT2D eigenvalue weighted by Gasteiger charge is 2.14. The molecule has 0 spiro atoms. The van der Waals surface area contributed by atoms with Crippen LogP contribution in [0.4, 0.5) is 5.69 Å². The molecule has 1 aliphatic rings. The molecular formula is C18H21N3O2. The van der Waals surface area contributed by atoms with Gasteiger partial charge in [-0.25, -0.2) is 0 Å². The number of hydrogen-bond acceptors (Lipinski definition) is 4. The predicted molar refractivity (Wildman–Crippen MR) is 91.3 cm³/mol. The van der Waals surface area contributed by atoms with Gasteiger partial charge in [0.1, 0.15) is 5.76 Å². The van der Waals surface area contributed by atoms with E-state index in [9.17, 15) is 4.79 Å². The van der Waals surface area contributed by atoms with Gasteiger partial charge in [-0.15, -0.1) is 0 Å². The summed E-state index contributed by atoms with van der Waals surface area (Å²) in [6, 6.07) is 11.3. The molecule has 0 fully saturated rings. The van der Waals surface area contributed by atoms with Crippen LogP contribution in [0.2, 0.25) is 0 Å². The van der Waals surface area contributed by atoms with Crippen molar-refractivity contribution in [2.24, 2.45) is 5.73 Å². The topological polar surface area (TPSA) is 80.3 Å². The van der Waals surface area contributed by atoms with Crippen molar-refractivity contribution in [2.75, 3.05) is 25.0 Å². The summed E-state index contributed by atoms with van der Waals surface area (Å²) in [7, 11) is 0. The van der Waals surface area contributed by atoms with Gasteiger partial charge < -0.3 is 20.8 Å². The van der Waals surface area contributed by atoms with Gasteiger partial charge >= 0.3 is 0 Å². The van der Waals surface area contributed by atoms with E-state index < -0.39 is 0 Å². The molecule has 0 aliphatic carbocycles. The number of furan rings is 1. The van der Waals surface area contributed by atoms with Gasteiger partial charge in [0.2, 0.25) is 0 Å². The van der Waals surface area contributed by atoms with Crippen LogP contribution in [0.1, 0.15) is 28.3 Å². The lowest BCUT2D eigenvalue weighted by Gasteiger charge is -2.11. The minimum Gasteiger partial charge on any atom is -0.451 e. The summed E-state index contributed by atoms with van der Waals surface area (Å²) in [5.74, 6) is 0.859. The van der Waals surface area contributed by atoms with Crippen LogP contribution in [-0.4, -0.2) is 25.5 Å². The first-order chi connectivity index (χ1) is 11.3. The number of anilines is 1. The zero-order chi connectivity index (χ0) is 16.1. The lowest BCUT2D eigenvalue weighted by molar-refractivity contribution is 0.0996. The highest BCUT2D eigenvalue weighted by Crippen LogP contribution is 2.22. The SMILES string of the molecule is NCCc1ccc(NC(=O)c2ccc(C3=CCNCC3)o2)cc1. The predicted octanol–water partition coefficient (Wildman–Crippen LogP) is 2.41. The minimum absolute atomic E-state index is 0.239. The molecule has 1 aromatic carbocycles. The quantitative estimate of drug-likeness (QED) is 0.792. The third-order valence-electron chi connectivity index (χ3n) is 3.86. The van der Waals surface area contributed by atoms with Gasteiger partial charge in [0.15, 0.2) is 5.76 Å². The Balaban J connectivity index is 1.66. The first kappa shape index (κ1) is 15.5. The summed E-state index contributed by atoms with van der Waals surface area (Å²) in [4.78, 5) is 12.3. The second-order valence-corrected chi connectivity index (χ2v) is 5.54. The standard InChI is InChI=1S/C18H21N3O2/c19-10-7-13-1-3-15(4-2-13)21-18(22)17-6-5-16(23-17)14-8-11-20-12-9-14/h1-6,8,20H,7,9-12,19H2,(H,21,22). The van der Waals surface area contributed by atoms with E-state index in [-0.39, 0.29) is 5.91 Å². The van der Waals surface area contributed by atoms with Gasteiger partial charge in [0.25, 0.3) is 5.91 Å². The first-order valence-corrected chi connectivity index (χ1v) is 7.86. The fraction of sp³-hybridized carbons (Fsp3) is 0.278. The van der Waals surface area contributed by atoms with Crippen LogP contribution in [-0.2, 0) is 6.42 Å². The minimum atomic E-state index is -0.239. The van der Waals surface area contributed by atoms with E-state index in [1.165, 1.54) is 0 Å². The van der Waals surface area contributed by atoms with E-state index >= 15 is 0 Å². The molecule has 120 valence electrons. The first-order valence-electron chi connectivity index (χ1n) is 7.86. The molecule has 0 atom stereocenters. The highest BCUT2D eigenvalue weighted by molar-refractivity contribution is 6.02. The molecule has 0 saturated heterocycles. The van der Waals surface area contributed by atoms with Gasteiger partial charge in [0.05, 0.1) is 0 Å². The molecule has 0 unspecified atom stereocenters. The van der Waals surface area contributed by atoms with Crippen LogP contribution >= 0.6 is 0 Å². The van der Waals surface area contributed by atoms with Crippen LogP contribution < -0.4 is 16.4 Å². The van der Waals surface area contributed by atoms with E-state index in [2.05, 4.69) is 16.7 Å². The normalized spacial score (nSPS) is 14.4. The monoisotopic (exact) mass is 311 g/mol. The smallest absolute Gasteiger partial charge is 0.291 e. The second-order valence-electron chi connectivity index (χ2n) is 5.54. The van der Waals surface area contributed by atoms with Crippen LogP contribution in [0, 0.1) is 0 Å². The van der Waals surface area contributed by atoms with E-state index in [1.807, 2.05) is 30.3 Å². The van der Waals surface area contributed by atoms with E-state index in [1.54, 1.807) is 6.07 Å². The zero-order valence-corrected chi connectivity index (χ0v) is 13.0. The third-order valence-corrected chi connectivity index (χ3v) is 3.86. The molecule has 1 amide bonds. The Kier molecular flexibility index (Phi) is 4.90. The number of nitrogens with two attached hydrogens (primary N) is 1. The van der Waals surface area contributed by atoms with E-state index in [0.29, 0.717) is 12.3 Å². The molecule has 1 aliphatic heterocycles. The molecule has 5 heteroatoms. The Hall–Kier alpha value is -2.37. The molecule has 4 N–H and O–H groups in total. The largest absolute Gasteiger partial charge is 0.451 e. The summed E-state index contributed by atoms with van der Waals surface area (Å²) >= 11 is 0. The number of carbonyl (C=O) groups excluding carboxylic acids is 1. The number of carbonyl (C=O) groups is 1. The Bertz CT molecular complexity index is 701. The van der Waals surface area contributed by atoms with Crippen molar-refractivity contribution in [2.45, 2.75) is 12.8 Å². The van der Waals surface area contributed by atoms with Crippen molar-refractivity contribution in [1.29, 1.82) is 0 Å². The highest BCUT2D eigenvalue weighted by atomic mass is 16.3. The van der Waals surface area contributed by atoms with Gasteiger partial charge in [-0.1, -0.05) is 18.2 Å². The summed E-state index contributed by atoms with van der Waals surface area (Å²) < 4.78 is 5.69. The number of benzene rings is 1. The lowest BCUT2D eigenvalue weighted by Crippen LogP contribution is -2.19. The van der Waals surface area contributed by atoms with Crippen LogP contribution in [0.3, 0.4) is 0 Å². The summed E-state index contributed by atoms with van der Waals surface area (Å²) in [6.45, 7) is 2.39. The van der Waals surface area contributed by atoms with Crippen LogP contribution in [0.5, 0.6) is 0 Å². The van der Waals surface area contributed by atoms with Crippen molar-refractivity contribution in [3.05, 3.63) is 59.6 Å². The molecule has 0 saturated carbocycles. The number of rotatable bonds is 5.